The average molecular weight is 633 g/mol. The average Bonchev–Trinajstić information content (AvgIpc) is 3.34. The van der Waals surface area contributed by atoms with Crippen LogP contribution in [0.3, 0.4) is 0 Å². The molecule has 1 heterocycles. The highest BCUT2D eigenvalue weighted by Crippen LogP contribution is 2.37. The quantitative estimate of drug-likeness (QED) is 0.0602. The molecule has 0 aliphatic carbocycles. The number of hydrogen-bond acceptors (Lipinski definition) is 8. The Kier molecular flexibility index (Phi) is 8.77. The molecule has 0 aliphatic rings. The van der Waals surface area contributed by atoms with Crippen molar-refractivity contribution in [3.63, 3.8) is 0 Å². The number of thiophene rings is 1. The molecule has 0 fully saturated rings. The molecule has 2 amide bonds. The number of rotatable bonds is 8. The Morgan fingerprint density at radius 2 is 1.58 bits per heavy atom. The summed E-state index contributed by atoms with van der Waals surface area (Å²) in [4.78, 5) is 48.7. The van der Waals surface area contributed by atoms with E-state index in [-0.39, 0.29) is 26.9 Å². The van der Waals surface area contributed by atoms with E-state index in [9.17, 15) is 24.5 Å². The van der Waals surface area contributed by atoms with E-state index in [1.165, 1.54) is 48.7 Å². The summed E-state index contributed by atoms with van der Waals surface area (Å²) in [6, 6.07) is 23.2. The maximum atomic E-state index is 12.9. The molecule has 10 nitrogen and oxygen atoms in total. The predicted molar refractivity (Wildman–Crippen MR) is 166 cm³/mol. The van der Waals surface area contributed by atoms with Crippen molar-refractivity contribution >= 4 is 80.0 Å². The van der Waals surface area contributed by atoms with Crippen molar-refractivity contribution in [3.05, 3.63) is 133 Å². The van der Waals surface area contributed by atoms with Gasteiger partial charge in [-0.05, 0) is 66.7 Å². The second-order valence-electron chi connectivity index (χ2n) is 8.85. The number of para-hydroxylation sites is 1. The van der Waals surface area contributed by atoms with E-state index in [4.69, 9.17) is 27.9 Å². The van der Waals surface area contributed by atoms with Crippen molar-refractivity contribution in [2.75, 3.05) is 5.32 Å². The summed E-state index contributed by atoms with van der Waals surface area (Å²) in [5.41, 5.74) is 3.76. The number of esters is 1. The van der Waals surface area contributed by atoms with Gasteiger partial charge in [0.05, 0.1) is 21.7 Å². The van der Waals surface area contributed by atoms with Gasteiger partial charge in [-0.3, -0.25) is 19.7 Å². The minimum absolute atomic E-state index is 0.0997. The minimum atomic E-state index is -0.577. The van der Waals surface area contributed by atoms with Gasteiger partial charge in [-0.1, -0.05) is 35.3 Å². The van der Waals surface area contributed by atoms with Gasteiger partial charge in [0.1, 0.15) is 10.6 Å². The first-order chi connectivity index (χ1) is 20.7. The molecule has 2 N–H and O–H groups in total. The van der Waals surface area contributed by atoms with Crippen molar-refractivity contribution in [2.45, 2.75) is 0 Å². The van der Waals surface area contributed by atoms with Crippen LogP contribution in [0.25, 0.3) is 10.1 Å². The number of nitrogens with one attached hydrogen (secondary N) is 2. The summed E-state index contributed by atoms with van der Waals surface area (Å²) >= 11 is 13.3. The van der Waals surface area contributed by atoms with Crippen LogP contribution in [0.5, 0.6) is 5.75 Å². The first kappa shape index (κ1) is 29.4. The van der Waals surface area contributed by atoms with Gasteiger partial charge >= 0.3 is 5.97 Å². The van der Waals surface area contributed by atoms with Gasteiger partial charge in [0.15, 0.2) is 0 Å². The summed E-state index contributed by atoms with van der Waals surface area (Å²) in [6.45, 7) is 0. The second-order valence-corrected chi connectivity index (χ2v) is 10.7. The van der Waals surface area contributed by atoms with Gasteiger partial charge in [0.2, 0.25) is 0 Å². The SMILES string of the molecule is O=C(N/N=C\c1ccccc1OC(=O)c1ccc(Cl)cc1)c1ccc(NC(=O)c2sc3cc([N+](=O)[O-])ccc3c2Cl)cc1. The van der Waals surface area contributed by atoms with Crippen LogP contribution in [0.2, 0.25) is 10.0 Å². The summed E-state index contributed by atoms with van der Waals surface area (Å²) in [5.74, 6) is -1.34. The number of nitro benzene ring substituents is 1. The van der Waals surface area contributed by atoms with Crippen LogP contribution in [0.15, 0.2) is 96.1 Å². The van der Waals surface area contributed by atoms with Gasteiger partial charge in [0, 0.05) is 44.1 Å². The maximum Gasteiger partial charge on any atom is 0.343 e. The van der Waals surface area contributed by atoms with Gasteiger partial charge < -0.3 is 10.1 Å². The number of hydrazone groups is 1. The molecule has 0 radical (unpaired) electrons. The van der Waals surface area contributed by atoms with E-state index in [2.05, 4.69) is 15.8 Å². The lowest BCUT2D eigenvalue weighted by atomic mass is 10.2. The van der Waals surface area contributed by atoms with Crippen LogP contribution < -0.4 is 15.5 Å². The highest BCUT2D eigenvalue weighted by Gasteiger charge is 2.19. The molecule has 0 aliphatic heterocycles. The van der Waals surface area contributed by atoms with Crippen molar-refractivity contribution in [1.82, 2.24) is 5.43 Å². The number of nitrogens with zero attached hydrogens (tertiary/aromatic N) is 2. The smallest absolute Gasteiger partial charge is 0.343 e. The summed E-state index contributed by atoms with van der Waals surface area (Å²) in [6.07, 6.45) is 1.35. The topological polar surface area (TPSA) is 140 Å². The number of anilines is 1. The molecule has 0 saturated heterocycles. The zero-order chi connectivity index (χ0) is 30.5. The zero-order valence-electron chi connectivity index (χ0n) is 21.7. The second kappa shape index (κ2) is 12.8. The lowest BCUT2D eigenvalue weighted by molar-refractivity contribution is -0.384. The summed E-state index contributed by atoms with van der Waals surface area (Å²) in [7, 11) is 0. The Bertz CT molecular complexity index is 1910. The van der Waals surface area contributed by atoms with Gasteiger partial charge in [-0.15, -0.1) is 11.3 Å². The molecule has 13 heteroatoms. The number of non-ortho nitro benzene ring substituents is 1. The molecule has 5 rings (SSSR count). The van der Waals surface area contributed by atoms with E-state index in [0.717, 1.165) is 11.3 Å². The largest absolute Gasteiger partial charge is 0.422 e. The maximum absolute atomic E-state index is 12.9. The summed E-state index contributed by atoms with van der Waals surface area (Å²) < 4.78 is 5.99. The van der Waals surface area contributed by atoms with E-state index in [1.54, 1.807) is 48.5 Å². The molecule has 5 aromatic rings. The first-order valence-corrected chi connectivity index (χ1v) is 13.9. The van der Waals surface area contributed by atoms with Crippen LogP contribution >= 0.6 is 34.5 Å². The van der Waals surface area contributed by atoms with E-state index in [1.807, 2.05) is 0 Å². The van der Waals surface area contributed by atoms with E-state index in [0.29, 0.717) is 31.9 Å². The molecule has 0 bridgehead atoms. The number of carbonyl (C=O) groups excluding carboxylic acids is 3. The number of amides is 2. The van der Waals surface area contributed by atoms with Crippen LogP contribution in [0.4, 0.5) is 11.4 Å². The van der Waals surface area contributed by atoms with E-state index < -0.39 is 22.7 Å². The third-order valence-electron chi connectivity index (χ3n) is 6.01. The Hall–Kier alpha value is -5.10. The zero-order valence-corrected chi connectivity index (χ0v) is 24.1. The van der Waals surface area contributed by atoms with Crippen molar-refractivity contribution in [1.29, 1.82) is 0 Å². The molecular weight excluding hydrogens is 615 g/mol. The lowest BCUT2D eigenvalue weighted by Gasteiger charge is -2.07. The van der Waals surface area contributed by atoms with Gasteiger partial charge in [-0.2, -0.15) is 5.10 Å². The molecule has 214 valence electrons. The van der Waals surface area contributed by atoms with Crippen LogP contribution in [0.1, 0.15) is 36.0 Å². The third kappa shape index (κ3) is 6.87. The van der Waals surface area contributed by atoms with Gasteiger partial charge in [0.25, 0.3) is 17.5 Å². The molecule has 0 spiro atoms. The Morgan fingerprint density at radius 3 is 2.30 bits per heavy atom. The highest BCUT2D eigenvalue weighted by molar-refractivity contribution is 7.21. The van der Waals surface area contributed by atoms with Crippen molar-refractivity contribution in [3.8, 4) is 5.75 Å². The van der Waals surface area contributed by atoms with Crippen LogP contribution in [0, 0.1) is 10.1 Å². The van der Waals surface area contributed by atoms with Crippen molar-refractivity contribution in [2.24, 2.45) is 5.10 Å². The fourth-order valence-corrected chi connectivity index (χ4v) is 5.43. The molecule has 0 unspecified atom stereocenters. The number of carbonyl (C=O) groups is 3. The predicted octanol–water partition coefficient (Wildman–Crippen LogP) is 7.35. The number of fused-ring (bicyclic) bond motifs is 1. The van der Waals surface area contributed by atoms with Crippen molar-refractivity contribution < 1.29 is 24.0 Å². The van der Waals surface area contributed by atoms with Crippen LogP contribution in [-0.4, -0.2) is 28.9 Å². The summed E-state index contributed by atoms with van der Waals surface area (Å²) in [5, 5.41) is 19.0. The number of halogens is 2. The molecule has 0 saturated carbocycles. The fraction of sp³-hybridized carbons (Fsp3) is 0. The molecule has 43 heavy (non-hydrogen) atoms. The standard InChI is InChI=1S/C30H18Cl2N4O6S/c31-20-9-5-18(6-10-20)30(39)42-24-4-2-1-3-19(24)16-33-35-28(37)17-7-11-21(12-8-17)34-29(38)27-26(32)23-14-13-22(36(40)41)15-25(23)43-27/h1-16H,(H,34,38)(H,35,37)/b33-16-. The van der Waals surface area contributed by atoms with E-state index >= 15 is 0 Å². The highest BCUT2D eigenvalue weighted by atomic mass is 35.5. The number of benzene rings is 4. The number of nitro groups is 1. The Labute approximate surface area is 257 Å². The lowest BCUT2D eigenvalue weighted by Crippen LogP contribution is -2.18. The number of hydrogen-bond donors (Lipinski definition) is 2. The first-order valence-electron chi connectivity index (χ1n) is 12.4. The van der Waals surface area contributed by atoms with Gasteiger partial charge in [-0.25, -0.2) is 10.2 Å². The normalized spacial score (nSPS) is 10.9. The Balaban J connectivity index is 1.20. The minimum Gasteiger partial charge on any atom is -0.422 e. The molecule has 0 atom stereocenters. The molecule has 1 aromatic heterocycles. The van der Waals surface area contributed by atoms with Crippen LogP contribution in [-0.2, 0) is 0 Å². The fourth-order valence-electron chi connectivity index (χ4n) is 3.86. The number of ether oxygens (including phenoxy) is 1. The third-order valence-corrected chi connectivity index (χ3v) is 7.91. The molecular formula is C30H18Cl2N4O6S. The monoisotopic (exact) mass is 632 g/mol. The molecule has 4 aromatic carbocycles. The Morgan fingerprint density at radius 1 is 0.884 bits per heavy atom.